The van der Waals surface area contributed by atoms with Crippen LogP contribution in [0.15, 0.2) is 63.6 Å². The molecule has 0 fully saturated rings. The molecule has 0 saturated carbocycles. The highest BCUT2D eigenvalue weighted by Crippen LogP contribution is 2.30. The Kier molecular flexibility index (Phi) is 7.50. The Bertz CT molecular complexity index is 1370. The van der Waals surface area contributed by atoms with Crippen molar-refractivity contribution in [2.75, 3.05) is 0 Å². The second-order valence-corrected chi connectivity index (χ2v) is 9.70. The minimum absolute atomic E-state index is 0.248. The van der Waals surface area contributed by atoms with E-state index in [0.717, 1.165) is 22.5 Å². The van der Waals surface area contributed by atoms with Gasteiger partial charge in [-0.1, -0.05) is 24.3 Å². The molecule has 0 saturated heterocycles. The van der Waals surface area contributed by atoms with E-state index in [2.05, 4.69) is 9.88 Å². The number of hydrogen-bond donors (Lipinski definition) is 1. The minimum atomic E-state index is -1.34. The molecule has 0 amide bonds. The number of carboxylic acid groups (broad SMARTS) is 1. The summed E-state index contributed by atoms with van der Waals surface area (Å²) in [6.45, 7) is 10.2. The first-order chi connectivity index (χ1) is 17.5. The van der Waals surface area contributed by atoms with Gasteiger partial charge in [0.15, 0.2) is 5.60 Å². The van der Waals surface area contributed by atoms with Gasteiger partial charge in [-0.15, -0.1) is 0 Å². The molecule has 0 radical (unpaired) electrons. The number of carbonyl (C=O) groups is 1. The fourth-order valence-electron chi connectivity index (χ4n) is 4.18. The van der Waals surface area contributed by atoms with Crippen molar-refractivity contribution in [3.05, 3.63) is 94.5 Å². The molecule has 37 heavy (non-hydrogen) atoms. The van der Waals surface area contributed by atoms with Crippen LogP contribution in [0.1, 0.15) is 47.8 Å². The van der Waals surface area contributed by atoms with Crippen LogP contribution in [0.25, 0.3) is 11.5 Å². The van der Waals surface area contributed by atoms with E-state index in [-0.39, 0.29) is 11.7 Å². The number of aryl methyl sites for hydroxylation is 3. The van der Waals surface area contributed by atoms with Crippen LogP contribution in [-0.2, 0) is 24.4 Å². The van der Waals surface area contributed by atoms with Gasteiger partial charge < -0.3 is 18.7 Å². The molecule has 2 aromatic heterocycles. The largest absolute Gasteiger partial charge is 0.478 e. The lowest BCUT2D eigenvalue weighted by atomic mass is 10.0. The lowest BCUT2D eigenvalue weighted by molar-refractivity contribution is -0.152. The van der Waals surface area contributed by atoms with Crippen LogP contribution >= 0.6 is 0 Å². The molecule has 0 unspecified atom stereocenters. The van der Waals surface area contributed by atoms with Crippen LogP contribution in [0, 0.1) is 26.6 Å². The number of halogens is 1. The van der Waals surface area contributed by atoms with Gasteiger partial charge in [0.25, 0.3) is 0 Å². The molecular formula is C29H31FN2O5. The van der Waals surface area contributed by atoms with Gasteiger partial charge in [-0.05, 0) is 75.6 Å². The number of hydrogen-bond acceptors (Lipinski definition) is 6. The fourth-order valence-corrected chi connectivity index (χ4v) is 4.18. The third-order valence-electron chi connectivity index (χ3n) is 6.13. The van der Waals surface area contributed by atoms with Crippen LogP contribution in [0.4, 0.5) is 4.39 Å². The van der Waals surface area contributed by atoms with Crippen molar-refractivity contribution in [1.29, 1.82) is 0 Å². The zero-order valence-electron chi connectivity index (χ0n) is 21.7. The monoisotopic (exact) mass is 506 g/mol. The zero-order valence-corrected chi connectivity index (χ0v) is 21.7. The highest BCUT2D eigenvalue weighted by molar-refractivity contribution is 5.77. The molecule has 0 aliphatic heterocycles. The predicted octanol–water partition coefficient (Wildman–Crippen LogP) is 6.44. The average molecular weight is 507 g/mol. The lowest BCUT2D eigenvalue weighted by Gasteiger charge is -2.25. The summed E-state index contributed by atoms with van der Waals surface area (Å²) in [4.78, 5) is 18.3. The number of benzene rings is 2. The van der Waals surface area contributed by atoms with Crippen molar-refractivity contribution in [2.24, 2.45) is 0 Å². The van der Waals surface area contributed by atoms with E-state index in [1.54, 1.807) is 24.5 Å². The van der Waals surface area contributed by atoms with Gasteiger partial charge in [-0.3, -0.25) is 4.90 Å². The second kappa shape index (κ2) is 10.6. The van der Waals surface area contributed by atoms with Crippen molar-refractivity contribution < 1.29 is 27.9 Å². The first-order valence-electron chi connectivity index (χ1n) is 12.0. The number of rotatable bonds is 10. The maximum atomic E-state index is 14.3. The smallest absolute Gasteiger partial charge is 0.347 e. The van der Waals surface area contributed by atoms with E-state index in [0.29, 0.717) is 42.4 Å². The molecule has 4 rings (SSSR count). The predicted molar refractivity (Wildman–Crippen MR) is 137 cm³/mol. The van der Waals surface area contributed by atoms with Crippen molar-refractivity contribution >= 4 is 5.97 Å². The van der Waals surface area contributed by atoms with Crippen LogP contribution in [0.3, 0.4) is 0 Å². The Morgan fingerprint density at radius 2 is 1.76 bits per heavy atom. The molecule has 8 heteroatoms. The van der Waals surface area contributed by atoms with Crippen molar-refractivity contribution in [3.63, 3.8) is 0 Å². The number of nitrogens with zero attached hydrogens (tertiary/aromatic N) is 2. The first kappa shape index (κ1) is 26.2. The van der Waals surface area contributed by atoms with Gasteiger partial charge in [-0.25, -0.2) is 14.2 Å². The summed E-state index contributed by atoms with van der Waals surface area (Å²) >= 11 is 0. The summed E-state index contributed by atoms with van der Waals surface area (Å²) in [5.74, 6) is 0.815. The molecule has 2 heterocycles. The average Bonchev–Trinajstić information content (AvgIpc) is 3.46. The summed E-state index contributed by atoms with van der Waals surface area (Å²) in [5, 5.41) is 9.46. The maximum Gasteiger partial charge on any atom is 0.347 e. The standard InChI is InChI=1S/C29H31FN2O5/c1-18-13-21(14-19(2)26(18)37-29(4,5)28(33)34)15-32(16-22-9-8-12-35-22)17-25-20(3)36-27(31-25)23-10-6-7-11-24(23)30/h6-14H,15-17H2,1-5H3,(H,33,34). The third kappa shape index (κ3) is 6.09. The molecule has 0 aliphatic carbocycles. The highest BCUT2D eigenvalue weighted by atomic mass is 19.1. The van der Waals surface area contributed by atoms with E-state index in [1.807, 2.05) is 45.0 Å². The summed E-state index contributed by atoms with van der Waals surface area (Å²) in [5.41, 5.74) is 2.41. The van der Waals surface area contributed by atoms with Gasteiger partial charge in [0.1, 0.15) is 23.1 Å². The quantitative estimate of drug-likeness (QED) is 0.265. The topological polar surface area (TPSA) is 88.9 Å². The Labute approximate surface area is 215 Å². The highest BCUT2D eigenvalue weighted by Gasteiger charge is 2.30. The first-order valence-corrected chi connectivity index (χ1v) is 12.0. The van der Waals surface area contributed by atoms with Crippen molar-refractivity contribution in [3.8, 4) is 17.2 Å². The number of carboxylic acids is 1. The Hall–Kier alpha value is -3.91. The summed E-state index contributed by atoms with van der Waals surface area (Å²) in [7, 11) is 0. The van der Waals surface area contributed by atoms with Crippen LogP contribution < -0.4 is 4.74 Å². The molecule has 0 atom stereocenters. The Balaban J connectivity index is 1.60. The molecule has 4 aromatic rings. The van der Waals surface area contributed by atoms with E-state index in [4.69, 9.17) is 13.6 Å². The van der Waals surface area contributed by atoms with Gasteiger partial charge in [0, 0.05) is 13.1 Å². The Morgan fingerprint density at radius 1 is 1.05 bits per heavy atom. The van der Waals surface area contributed by atoms with Gasteiger partial charge in [-0.2, -0.15) is 0 Å². The number of aromatic nitrogens is 1. The minimum Gasteiger partial charge on any atom is -0.478 e. The SMILES string of the molecule is Cc1cc(CN(Cc2ccco2)Cc2nc(-c3ccccc3F)oc2C)cc(C)c1OC(C)(C)C(=O)O. The summed E-state index contributed by atoms with van der Waals surface area (Å²) in [6, 6.07) is 14.1. The number of furan rings is 1. The van der Waals surface area contributed by atoms with E-state index < -0.39 is 11.6 Å². The third-order valence-corrected chi connectivity index (χ3v) is 6.13. The molecule has 0 spiro atoms. The van der Waals surface area contributed by atoms with E-state index in [9.17, 15) is 14.3 Å². The molecule has 0 aliphatic rings. The summed E-state index contributed by atoms with van der Waals surface area (Å²) < 4.78 is 31.6. The normalized spacial score (nSPS) is 11.8. The number of aliphatic carboxylic acids is 1. The van der Waals surface area contributed by atoms with E-state index in [1.165, 1.54) is 19.9 Å². The van der Waals surface area contributed by atoms with Crippen molar-refractivity contribution in [2.45, 2.75) is 59.9 Å². The molecule has 7 nitrogen and oxygen atoms in total. The summed E-state index contributed by atoms with van der Waals surface area (Å²) in [6.07, 6.45) is 1.63. The number of ether oxygens (including phenoxy) is 1. The maximum absolute atomic E-state index is 14.3. The second-order valence-electron chi connectivity index (χ2n) is 9.70. The van der Waals surface area contributed by atoms with Gasteiger partial charge in [0.05, 0.1) is 24.1 Å². The van der Waals surface area contributed by atoms with Crippen LogP contribution in [0.5, 0.6) is 5.75 Å². The molecule has 0 bridgehead atoms. The molecular weight excluding hydrogens is 475 g/mol. The van der Waals surface area contributed by atoms with Gasteiger partial charge in [0.2, 0.25) is 5.89 Å². The number of oxazole rings is 1. The van der Waals surface area contributed by atoms with E-state index >= 15 is 0 Å². The zero-order chi connectivity index (χ0) is 26.7. The Morgan fingerprint density at radius 3 is 2.38 bits per heavy atom. The molecule has 194 valence electrons. The molecule has 2 aromatic carbocycles. The fraction of sp³-hybridized carbons (Fsp3) is 0.310. The van der Waals surface area contributed by atoms with Crippen molar-refractivity contribution in [1.82, 2.24) is 9.88 Å². The molecule has 1 N–H and O–H groups in total. The van der Waals surface area contributed by atoms with Crippen LogP contribution in [-0.4, -0.2) is 26.6 Å². The van der Waals surface area contributed by atoms with Crippen LogP contribution in [0.2, 0.25) is 0 Å². The lowest BCUT2D eigenvalue weighted by Crippen LogP contribution is -2.38. The van der Waals surface area contributed by atoms with Gasteiger partial charge >= 0.3 is 5.97 Å².